The minimum Gasteiger partial charge on any atom is -0.481 e. The predicted molar refractivity (Wildman–Crippen MR) is 111 cm³/mol. The minimum absolute atomic E-state index is 0.0476. The van der Waals surface area contributed by atoms with Gasteiger partial charge >= 0.3 is 5.97 Å². The Bertz CT molecular complexity index is 841. The SMILES string of the molecule is CCC(Oc1ccc(C(C)(C)C)cc1)C(=O)Nc1ccc(Cl)c(C(=O)OC)c1. The molecule has 0 aromatic heterocycles. The first kappa shape index (κ1) is 21.8. The van der Waals surface area contributed by atoms with Crippen molar-refractivity contribution in [2.24, 2.45) is 0 Å². The van der Waals surface area contributed by atoms with Crippen molar-refractivity contribution in [2.75, 3.05) is 12.4 Å². The van der Waals surface area contributed by atoms with Crippen LogP contribution in [0, 0.1) is 0 Å². The minimum atomic E-state index is -0.669. The summed E-state index contributed by atoms with van der Waals surface area (Å²) in [7, 11) is 1.27. The molecule has 1 unspecified atom stereocenters. The molecule has 5 nitrogen and oxygen atoms in total. The summed E-state index contributed by atoms with van der Waals surface area (Å²) in [5, 5.41) is 3.02. The first-order valence-electron chi connectivity index (χ1n) is 9.11. The van der Waals surface area contributed by atoms with Gasteiger partial charge in [-0.1, -0.05) is 51.4 Å². The summed E-state index contributed by atoms with van der Waals surface area (Å²) < 4.78 is 10.6. The topological polar surface area (TPSA) is 64.6 Å². The molecule has 1 N–H and O–H groups in total. The standard InChI is InChI=1S/C22H26ClNO4/c1-6-19(28-16-10-7-14(8-11-16)22(2,3)4)20(25)24-15-9-12-18(23)17(13-15)21(26)27-5/h7-13,19H,6H2,1-5H3,(H,24,25). The molecule has 0 aliphatic rings. The summed E-state index contributed by atoms with van der Waals surface area (Å²) in [5.74, 6) is -0.245. The van der Waals surface area contributed by atoms with Crippen LogP contribution in [-0.4, -0.2) is 25.1 Å². The quantitative estimate of drug-likeness (QED) is 0.671. The van der Waals surface area contributed by atoms with E-state index in [2.05, 4.69) is 26.1 Å². The second-order valence-electron chi connectivity index (χ2n) is 7.46. The van der Waals surface area contributed by atoms with Gasteiger partial charge < -0.3 is 14.8 Å². The van der Waals surface area contributed by atoms with Crippen LogP contribution in [0.1, 0.15) is 50.0 Å². The van der Waals surface area contributed by atoms with E-state index in [-0.39, 0.29) is 21.9 Å². The van der Waals surface area contributed by atoms with Crippen molar-refractivity contribution in [1.29, 1.82) is 0 Å². The van der Waals surface area contributed by atoms with Crippen LogP contribution in [0.3, 0.4) is 0 Å². The first-order valence-corrected chi connectivity index (χ1v) is 9.49. The number of carbonyl (C=O) groups excluding carboxylic acids is 2. The van der Waals surface area contributed by atoms with Crippen molar-refractivity contribution in [1.82, 2.24) is 0 Å². The van der Waals surface area contributed by atoms with Crippen molar-refractivity contribution in [2.45, 2.75) is 45.6 Å². The molecule has 1 amide bonds. The van der Waals surface area contributed by atoms with Gasteiger partial charge in [0.05, 0.1) is 17.7 Å². The molecule has 6 heteroatoms. The van der Waals surface area contributed by atoms with Crippen LogP contribution in [0.5, 0.6) is 5.75 Å². The van der Waals surface area contributed by atoms with Crippen LogP contribution in [0.25, 0.3) is 0 Å². The number of esters is 1. The highest BCUT2D eigenvalue weighted by atomic mass is 35.5. The number of ether oxygens (including phenoxy) is 2. The Balaban J connectivity index is 2.10. The van der Waals surface area contributed by atoms with Crippen molar-refractivity contribution >= 4 is 29.2 Å². The monoisotopic (exact) mass is 403 g/mol. The Kier molecular flexibility index (Phi) is 7.08. The summed E-state index contributed by atoms with van der Waals surface area (Å²) >= 11 is 6.01. The summed E-state index contributed by atoms with van der Waals surface area (Å²) in [6, 6.07) is 12.4. The smallest absolute Gasteiger partial charge is 0.339 e. The molecule has 0 radical (unpaired) electrons. The number of anilines is 1. The summed E-state index contributed by atoms with van der Waals surface area (Å²) in [5.41, 5.74) is 1.87. The van der Waals surface area contributed by atoms with E-state index in [1.807, 2.05) is 31.2 Å². The third-order valence-electron chi connectivity index (χ3n) is 4.30. The van der Waals surface area contributed by atoms with E-state index in [1.165, 1.54) is 24.8 Å². The molecular formula is C22H26ClNO4. The van der Waals surface area contributed by atoms with Crippen LogP contribution in [0.15, 0.2) is 42.5 Å². The van der Waals surface area contributed by atoms with Gasteiger partial charge in [-0.05, 0) is 47.7 Å². The maximum absolute atomic E-state index is 12.6. The molecule has 0 heterocycles. The fraction of sp³-hybridized carbons (Fsp3) is 0.364. The van der Waals surface area contributed by atoms with Crippen LogP contribution in [0.4, 0.5) is 5.69 Å². The normalized spacial score (nSPS) is 12.2. The Morgan fingerprint density at radius 1 is 1.11 bits per heavy atom. The highest BCUT2D eigenvalue weighted by molar-refractivity contribution is 6.33. The maximum atomic E-state index is 12.6. The summed E-state index contributed by atoms with van der Waals surface area (Å²) in [6.07, 6.45) is -0.178. The Morgan fingerprint density at radius 3 is 2.29 bits per heavy atom. The zero-order valence-corrected chi connectivity index (χ0v) is 17.6. The van der Waals surface area contributed by atoms with E-state index in [1.54, 1.807) is 6.07 Å². The van der Waals surface area contributed by atoms with Gasteiger partial charge in [-0.3, -0.25) is 4.79 Å². The molecule has 2 aromatic carbocycles. The lowest BCUT2D eigenvalue weighted by Crippen LogP contribution is -2.32. The Labute approximate surface area is 171 Å². The second kappa shape index (κ2) is 9.11. The first-order chi connectivity index (χ1) is 13.2. The van der Waals surface area contributed by atoms with Crippen molar-refractivity contribution in [3.63, 3.8) is 0 Å². The van der Waals surface area contributed by atoms with Gasteiger partial charge in [-0.25, -0.2) is 4.79 Å². The number of nitrogens with one attached hydrogen (secondary N) is 1. The number of halogens is 1. The molecule has 0 bridgehead atoms. The number of amides is 1. The Hall–Kier alpha value is -2.53. The van der Waals surface area contributed by atoms with Gasteiger partial charge in [0.25, 0.3) is 5.91 Å². The zero-order chi connectivity index (χ0) is 20.9. The van der Waals surface area contributed by atoms with E-state index in [0.29, 0.717) is 17.9 Å². The maximum Gasteiger partial charge on any atom is 0.339 e. The number of benzene rings is 2. The molecule has 0 saturated carbocycles. The molecule has 0 aliphatic carbocycles. The summed E-state index contributed by atoms with van der Waals surface area (Å²) in [6.45, 7) is 8.29. The lowest BCUT2D eigenvalue weighted by atomic mass is 9.87. The van der Waals surface area contributed by atoms with Crippen molar-refractivity contribution in [3.8, 4) is 5.75 Å². The fourth-order valence-electron chi connectivity index (χ4n) is 2.61. The van der Waals surface area contributed by atoms with Crippen molar-refractivity contribution < 1.29 is 19.1 Å². The molecule has 0 saturated heterocycles. The molecular weight excluding hydrogens is 378 g/mol. The van der Waals surface area contributed by atoms with Crippen LogP contribution < -0.4 is 10.1 Å². The second-order valence-corrected chi connectivity index (χ2v) is 7.87. The largest absolute Gasteiger partial charge is 0.481 e. The molecule has 2 aromatic rings. The van der Waals surface area contributed by atoms with Gasteiger partial charge in [0, 0.05) is 5.69 Å². The van der Waals surface area contributed by atoms with Crippen LogP contribution in [0.2, 0.25) is 5.02 Å². The average Bonchev–Trinajstić information content (AvgIpc) is 2.66. The van der Waals surface area contributed by atoms with E-state index < -0.39 is 12.1 Å². The van der Waals surface area contributed by atoms with Crippen molar-refractivity contribution in [3.05, 3.63) is 58.6 Å². The number of hydrogen-bond acceptors (Lipinski definition) is 4. The molecule has 150 valence electrons. The predicted octanol–water partition coefficient (Wildman–Crippen LogP) is 5.22. The number of rotatable bonds is 6. The van der Waals surface area contributed by atoms with Gasteiger partial charge in [0.15, 0.2) is 6.10 Å². The molecule has 28 heavy (non-hydrogen) atoms. The summed E-state index contributed by atoms with van der Waals surface area (Å²) in [4.78, 5) is 24.4. The van der Waals surface area contributed by atoms with E-state index >= 15 is 0 Å². The van der Waals surface area contributed by atoms with Gasteiger partial charge in [0.2, 0.25) is 0 Å². The van der Waals surface area contributed by atoms with E-state index in [9.17, 15) is 9.59 Å². The lowest BCUT2D eigenvalue weighted by Gasteiger charge is -2.21. The average molecular weight is 404 g/mol. The third-order valence-corrected chi connectivity index (χ3v) is 4.63. The molecule has 0 aliphatic heterocycles. The number of carbonyl (C=O) groups is 2. The van der Waals surface area contributed by atoms with E-state index in [0.717, 1.165) is 0 Å². The highest BCUT2D eigenvalue weighted by Gasteiger charge is 2.20. The van der Waals surface area contributed by atoms with Crippen LogP contribution >= 0.6 is 11.6 Å². The van der Waals surface area contributed by atoms with Crippen LogP contribution in [-0.2, 0) is 14.9 Å². The third kappa shape index (κ3) is 5.49. The zero-order valence-electron chi connectivity index (χ0n) is 16.8. The highest BCUT2D eigenvalue weighted by Crippen LogP contribution is 2.25. The fourth-order valence-corrected chi connectivity index (χ4v) is 2.81. The number of methoxy groups -OCH3 is 1. The molecule has 0 spiro atoms. The molecule has 2 rings (SSSR count). The molecule has 0 fully saturated rings. The van der Waals surface area contributed by atoms with Gasteiger partial charge in [-0.15, -0.1) is 0 Å². The number of hydrogen-bond donors (Lipinski definition) is 1. The Morgan fingerprint density at radius 2 is 1.75 bits per heavy atom. The van der Waals surface area contributed by atoms with E-state index in [4.69, 9.17) is 21.1 Å². The van der Waals surface area contributed by atoms with Gasteiger partial charge in [-0.2, -0.15) is 0 Å². The van der Waals surface area contributed by atoms with Gasteiger partial charge in [0.1, 0.15) is 5.75 Å². The molecule has 1 atom stereocenters. The lowest BCUT2D eigenvalue weighted by molar-refractivity contribution is -0.122.